The molecule has 29 heavy (non-hydrogen) atoms. The number of pyridine rings is 2. The van der Waals surface area contributed by atoms with Gasteiger partial charge in [0.15, 0.2) is 0 Å². The van der Waals surface area contributed by atoms with Crippen LogP contribution in [0.3, 0.4) is 0 Å². The van der Waals surface area contributed by atoms with Gasteiger partial charge in [-0.25, -0.2) is 4.79 Å². The summed E-state index contributed by atoms with van der Waals surface area (Å²) in [5.74, 6) is -1.20. The number of hydrogen-bond acceptors (Lipinski definition) is 6. The minimum Gasteiger partial charge on any atom is -0.464 e. The summed E-state index contributed by atoms with van der Waals surface area (Å²) in [7, 11) is 0. The van der Waals surface area contributed by atoms with Gasteiger partial charge in [0.25, 0.3) is 11.8 Å². The number of ether oxygens (including phenoxy) is 1. The Morgan fingerprint density at radius 1 is 1.00 bits per heavy atom. The van der Waals surface area contributed by atoms with E-state index in [4.69, 9.17) is 4.74 Å². The molecule has 2 heterocycles. The summed E-state index contributed by atoms with van der Waals surface area (Å²) in [4.78, 5) is 44.2. The number of aromatic nitrogens is 2. The molecule has 2 N–H and O–H groups in total. The van der Waals surface area contributed by atoms with E-state index in [1.54, 1.807) is 55.6 Å². The number of carbonyl (C=O) groups excluding carboxylic acids is 3. The minimum atomic E-state index is -0.816. The molecule has 0 bridgehead atoms. The zero-order valence-electron chi connectivity index (χ0n) is 16.2. The molecule has 2 aromatic heterocycles. The quantitative estimate of drug-likeness (QED) is 0.361. The number of esters is 1. The number of amides is 2. The molecular weight excluding hydrogens is 372 g/mol. The van der Waals surface area contributed by atoms with E-state index in [-0.39, 0.29) is 24.6 Å². The molecule has 8 nitrogen and oxygen atoms in total. The number of carbonyl (C=O) groups is 3. The summed E-state index contributed by atoms with van der Waals surface area (Å²) in [5, 5.41) is 5.40. The first kappa shape index (κ1) is 21.7. The van der Waals surface area contributed by atoms with Crippen LogP contribution < -0.4 is 10.6 Å². The van der Waals surface area contributed by atoms with Gasteiger partial charge >= 0.3 is 5.97 Å². The van der Waals surface area contributed by atoms with Crippen molar-refractivity contribution in [3.8, 4) is 0 Å². The summed E-state index contributed by atoms with van der Waals surface area (Å²) in [6.07, 6.45) is 7.51. The molecule has 0 aliphatic carbocycles. The normalized spacial score (nSPS) is 11.6. The molecule has 0 radical (unpaired) electrons. The van der Waals surface area contributed by atoms with Gasteiger partial charge in [-0.2, -0.15) is 0 Å². The van der Waals surface area contributed by atoms with Crippen molar-refractivity contribution in [1.82, 2.24) is 20.6 Å². The molecule has 0 unspecified atom stereocenters. The zero-order chi connectivity index (χ0) is 20.9. The van der Waals surface area contributed by atoms with Gasteiger partial charge in [-0.05, 0) is 44.0 Å². The second-order valence-corrected chi connectivity index (χ2v) is 5.96. The highest BCUT2D eigenvalue weighted by Crippen LogP contribution is 2.02. The molecule has 0 aromatic carbocycles. The lowest BCUT2D eigenvalue weighted by Gasteiger charge is -2.15. The van der Waals surface area contributed by atoms with E-state index < -0.39 is 17.9 Å². The number of nitrogens with one attached hydrogen (secondary N) is 2. The number of hydrogen-bond donors (Lipinski definition) is 2. The van der Waals surface area contributed by atoms with E-state index in [1.807, 2.05) is 6.08 Å². The summed E-state index contributed by atoms with van der Waals surface area (Å²) in [6, 6.07) is 9.28. The summed E-state index contributed by atoms with van der Waals surface area (Å²) in [6.45, 7) is 2.35. The fraction of sp³-hybridized carbons (Fsp3) is 0.286. The van der Waals surface area contributed by atoms with Crippen molar-refractivity contribution in [2.24, 2.45) is 0 Å². The first-order valence-electron chi connectivity index (χ1n) is 9.34. The van der Waals surface area contributed by atoms with E-state index in [1.165, 1.54) is 6.20 Å². The molecule has 0 aliphatic rings. The second kappa shape index (κ2) is 12.0. The molecule has 2 aromatic rings. The van der Waals surface area contributed by atoms with Gasteiger partial charge in [0, 0.05) is 18.9 Å². The molecule has 0 saturated heterocycles. The lowest BCUT2D eigenvalue weighted by atomic mass is 10.1. The summed E-state index contributed by atoms with van der Waals surface area (Å²) < 4.78 is 5.03. The van der Waals surface area contributed by atoms with Crippen LogP contribution in [-0.2, 0) is 9.53 Å². The molecule has 0 fully saturated rings. The third kappa shape index (κ3) is 7.53. The molecule has 0 aliphatic heterocycles. The van der Waals surface area contributed by atoms with E-state index in [0.29, 0.717) is 18.7 Å². The highest BCUT2D eigenvalue weighted by atomic mass is 16.5. The Morgan fingerprint density at radius 2 is 1.66 bits per heavy atom. The zero-order valence-corrected chi connectivity index (χ0v) is 16.2. The fourth-order valence-electron chi connectivity index (χ4n) is 2.39. The van der Waals surface area contributed by atoms with E-state index in [0.717, 1.165) is 0 Å². The average Bonchev–Trinajstić information content (AvgIpc) is 2.76. The van der Waals surface area contributed by atoms with Crippen molar-refractivity contribution >= 4 is 17.8 Å². The van der Waals surface area contributed by atoms with E-state index >= 15 is 0 Å². The molecule has 1 atom stereocenters. The number of rotatable bonds is 10. The third-order valence-corrected chi connectivity index (χ3v) is 3.81. The third-order valence-electron chi connectivity index (χ3n) is 3.81. The maximum absolute atomic E-state index is 12.2. The predicted octanol–water partition coefficient (Wildman–Crippen LogP) is 1.90. The van der Waals surface area contributed by atoms with Crippen LogP contribution in [0.25, 0.3) is 0 Å². The van der Waals surface area contributed by atoms with Crippen LogP contribution in [0, 0.1) is 0 Å². The largest absolute Gasteiger partial charge is 0.464 e. The Labute approximate surface area is 169 Å². The molecule has 152 valence electrons. The van der Waals surface area contributed by atoms with Crippen LogP contribution in [0.5, 0.6) is 0 Å². The van der Waals surface area contributed by atoms with Crippen LogP contribution in [0.2, 0.25) is 0 Å². The smallest absolute Gasteiger partial charge is 0.328 e. The van der Waals surface area contributed by atoms with Crippen LogP contribution in [-0.4, -0.2) is 46.9 Å². The van der Waals surface area contributed by atoms with Crippen molar-refractivity contribution in [3.63, 3.8) is 0 Å². The summed E-state index contributed by atoms with van der Waals surface area (Å²) >= 11 is 0. The van der Waals surface area contributed by atoms with Crippen molar-refractivity contribution < 1.29 is 19.1 Å². The van der Waals surface area contributed by atoms with Crippen molar-refractivity contribution in [2.45, 2.75) is 25.8 Å². The van der Waals surface area contributed by atoms with Crippen LogP contribution >= 0.6 is 0 Å². The SMILES string of the molecule is CCOC(=O)[C@@H](C/C=C/CCNC(=O)c1ccccn1)NC(=O)c1ccccn1. The Kier molecular flexibility index (Phi) is 9.01. The molecule has 8 heteroatoms. The minimum absolute atomic E-state index is 0.220. The lowest BCUT2D eigenvalue weighted by Crippen LogP contribution is -2.41. The van der Waals surface area contributed by atoms with Crippen molar-refractivity contribution in [2.75, 3.05) is 13.2 Å². The van der Waals surface area contributed by atoms with E-state index in [9.17, 15) is 14.4 Å². The maximum Gasteiger partial charge on any atom is 0.328 e. The molecule has 0 spiro atoms. The molecular formula is C21H24N4O4. The van der Waals surface area contributed by atoms with E-state index in [2.05, 4.69) is 20.6 Å². The van der Waals surface area contributed by atoms with Gasteiger partial charge in [-0.3, -0.25) is 19.6 Å². The Bertz CT molecular complexity index is 825. The topological polar surface area (TPSA) is 110 Å². The van der Waals surface area contributed by atoms with Gasteiger partial charge in [-0.15, -0.1) is 0 Å². The fourth-order valence-corrected chi connectivity index (χ4v) is 2.39. The monoisotopic (exact) mass is 396 g/mol. The van der Waals surface area contributed by atoms with Crippen molar-refractivity contribution in [3.05, 3.63) is 72.3 Å². The Balaban J connectivity index is 1.81. The molecule has 2 rings (SSSR count). The van der Waals surface area contributed by atoms with Crippen LogP contribution in [0.15, 0.2) is 60.9 Å². The standard InChI is InChI=1S/C21H24N4O4/c1-2-29-21(28)18(25-20(27)17-11-6-9-14-23-17)12-4-3-7-15-24-19(26)16-10-5-8-13-22-16/h3-6,8-11,13-14,18H,2,7,12,15H2,1H3,(H,24,26)(H,25,27)/b4-3+/t18-/m1/s1. The average molecular weight is 396 g/mol. The lowest BCUT2D eigenvalue weighted by molar-refractivity contribution is -0.145. The first-order chi connectivity index (χ1) is 14.1. The molecule has 0 saturated carbocycles. The highest BCUT2D eigenvalue weighted by Gasteiger charge is 2.21. The number of nitrogens with zero attached hydrogens (tertiary/aromatic N) is 2. The Morgan fingerprint density at radius 3 is 2.24 bits per heavy atom. The summed E-state index contributed by atoms with van der Waals surface area (Å²) in [5.41, 5.74) is 0.583. The van der Waals surface area contributed by atoms with Gasteiger partial charge in [0.2, 0.25) is 0 Å². The van der Waals surface area contributed by atoms with Gasteiger partial charge in [-0.1, -0.05) is 24.3 Å². The molecule has 2 amide bonds. The van der Waals surface area contributed by atoms with Crippen LogP contribution in [0.4, 0.5) is 0 Å². The first-order valence-corrected chi connectivity index (χ1v) is 9.34. The second-order valence-electron chi connectivity index (χ2n) is 5.96. The predicted molar refractivity (Wildman–Crippen MR) is 107 cm³/mol. The van der Waals surface area contributed by atoms with Gasteiger partial charge in [0.05, 0.1) is 6.61 Å². The highest BCUT2D eigenvalue weighted by molar-refractivity contribution is 5.95. The van der Waals surface area contributed by atoms with Crippen LogP contribution in [0.1, 0.15) is 40.7 Å². The Hall–Kier alpha value is -3.55. The van der Waals surface area contributed by atoms with Crippen molar-refractivity contribution in [1.29, 1.82) is 0 Å². The van der Waals surface area contributed by atoms with Gasteiger partial charge in [0.1, 0.15) is 17.4 Å². The maximum atomic E-state index is 12.2. The van der Waals surface area contributed by atoms with Gasteiger partial charge < -0.3 is 15.4 Å².